The fraction of sp³-hybridized carbons (Fsp3) is 1.00. The van der Waals surface area contributed by atoms with Crippen molar-refractivity contribution in [3.63, 3.8) is 0 Å². The highest BCUT2D eigenvalue weighted by atomic mass is 127. The lowest BCUT2D eigenvalue weighted by Crippen LogP contribution is -2.07. The van der Waals surface area contributed by atoms with E-state index in [4.69, 9.17) is 0 Å². The van der Waals surface area contributed by atoms with E-state index in [0.29, 0.717) is 0 Å². The molecule has 0 aliphatic carbocycles. The van der Waals surface area contributed by atoms with Gasteiger partial charge in [-0.2, -0.15) is 0 Å². The fourth-order valence-electron chi connectivity index (χ4n) is 0. The first kappa shape index (κ1) is 5.86. The van der Waals surface area contributed by atoms with Gasteiger partial charge in [0.2, 0.25) is 0 Å². The summed E-state index contributed by atoms with van der Waals surface area (Å²) in [5.74, 6) is 0. The summed E-state index contributed by atoms with van der Waals surface area (Å²) in [5, 5.41) is 0. The molecule has 0 amide bonds. The number of alkyl halides is 1. The average Bonchev–Trinajstić information content (AvgIpc) is 1.38. The molecule has 0 radical (unpaired) electrons. The molecule has 5 heavy (non-hydrogen) atoms. The third-order valence-corrected chi connectivity index (χ3v) is 2.07. The van der Waals surface area contributed by atoms with Gasteiger partial charge in [0, 0.05) is 0 Å². The second-order valence-electron chi connectivity index (χ2n) is 1.55. The van der Waals surface area contributed by atoms with Gasteiger partial charge in [-0.05, 0) is 4.33 Å². The summed E-state index contributed by atoms with van der Waals surface area (Å²) in [6, 6.07) is 0. The Labute approximate surface area is 48.3 Å². The highest BCUT2D eigenvalue weighted by molar-refractivity contribution is 14.1. The molecule has 0 aromatic rings. The average molecular weight is 180 g/mol. The fourth-order valence-corrected chi connectivity index (χ4v) is 0. The van der Waals surface area contributed by atoms with Crippen molar-refractivity contribution in [2.45, 2.75) is 6.82 Å². The molecular formula is C2H7B2I. The van der Waals surface area contributed by atoms with Crippen LogP contribution in [0, 0.1) is 0 Å². The van der Waals surface area contributed by atoms with E-state index in [9.17, 15) is 0 Å². The van der Waals surface area contributed by atoms with Gasteiger partial charge in [0.1, 0.15) is 6.60 Å². The molecule has 0 fully saturated rings. The summed E-state index contributed by atoms with van der Waals surface area (Å²) >= 11 is 2.38. The quantitative estimate of drug-likeness (QED) is 0.307. The van der Waals surface area contributed by atoms with Gasteiger partial charge in [0.05, 0.1) is 7.74 Å². The van der Waals surface area contributed by atoms with Crippen LogP contribution in [0.3, 0.4) is 0 Å². The number of rotatable bonds is 1. The third kappa shape index (κ3) is 4.86. The van der Waals surface area contributed by atoms with Crippen molar-refractivity contribution < 1.29 is 0 Å². The van der Waals surface area contributed by atoms with Crippen LogP contribution in [-0.2, 0) is 0 Å². The molecule has 0 atom stereocenters. The Kier molecular flexibility index (Phi) is 3.59. The summed E-state index contributed by atoms with van der Waals surface area (Å²) in [6.45, 7) is 3.09. The van der Waals surface area contributed by atoms with Crippen LogP contribution in [0.4, 0.5) is 0 Å². The molecule has 0 aromatic heterocycles. The minimum Gasteiger partial charge on any atom is -0.0961 e. The summed E-state index contributed by atoms with van der Waals surface area (Å²) in [6.07, 6.45) is 0. The second-order valence-corrected chi connectivity index (χ2v) is 2.43. The molecule has 28 valence electrons. The van der Waals surface area contributed by atoms with Crippen molar-refractivity contribution >= 4 is 36.9 Å². The maximum Gasteiger partial charge on any atom is 0.109 e. The third-order valence-electron chi connectivity index (χ3n) is 0.309. The van der Waals surface area contributed by atoms with Gasteiger partial charge in [-0.3, -0.25) is 0 Å². The monoisotopic (exact) mass is 180 g/mol. The first-order chi connectivity index (χ1) is 2.27. The topological polar surface area (TPSA) is 0 Å². The summed E-state index contributed by atoms with van der Waals surface area (Å²) in [5.41, 5.74) is 0. The van der Waals surface area contributed by atoms with Crippen LogP contribution in [0.1, 0.15) is 0 Å². The molecule has 0 aromatic carbocycles. The Balaban J connectivity index is 2.54. The van der Waals surface area contributed by atoms with E-state index < -0.39 is 0 Å². The number of halogens is 1. The molecule has 0 aliphatic rings. The Bertz CT molecular complexity index is 21.6. The van der Waals surface area contributed by atoms with Crippen LogP contribution in [0.2, 0.25) is 6.82 Å². The molecule has 0 heterocycles. The van der Waals surface area contributed by atoms with E-state index in [1.165, 1.54) is 4.33 Å². The zero-order valence-corrected chi connectivity index (χ0v) is 5.82. The van der Waals surface area contributed by atoms with Gasteiger partial charge < -0.3 is 0 Å². The van der Waals surface area contributed by atoms with Crippen molar-refractivity contribution in [1.82, 2.24) is 0 Å². The maximum atomic E-state index is 2.38. The highest BCUT2D eigenvalue weighted by Gasteiger charge is 1.88. The van der Waals surface area contributed by atoms with E-state index >= 15 is 0 Å². The predicted octanol–water partition coefficient (Wildman–Crippen LogP) is 0.215. The Morgan fingerprint density at radius 3 is 2.20 bits per heavy atom. The van der Waals surface area contributed by atoms with Gasteiger partial charge >= 0.3 is 0 Å². The largest absolute Gasteiger partial charge is 0.109 e. The predicted molar refractivity (Wildman–Crippen MR) is 39.0 cm³/mol. The van der Waals surface area contributed by atoms with E-state index in [1.807, 2.05) is 0 Å². The lowest BCUT2D eigenvalue weighted by molar-refractivity contribution is 2.09. The first-order valence-corrected chi connectivity index (χ1v) is 3.36. The van der Waals surface area contributed by atoms with Gasteiger partial charge in [-0.1, -0.05) is 29.4 Å². The molecule has 0 saturated heterocycles. The van der Waals surface area contributed by atoms with Gasteiger partial charge in [-0.25, -0.2) is 0 Å². The molecular weight excluding hydrogens is 173 g/mol. The number of hydrogen-bond donors (Lipinski definition) is 0. The van der Waals surface area contributed by atoms with Gasteiger partial charge in [-0.15, -0.1) is 0 Å². The molecule has 0 unspecified atom stereocenters. The standard InChI is InChI=1S/C2H7B2I/c1-4(3)2-5/h2-3H2,1H3. The minimum atomic E-state index is 0.871. The zero-order valence-electron chi connectivity index (χ0n) is 3.66. The molecule has 0 spiro atoms. The number of hydrogen-bond acceptors (Lipinski definition) is 0. The zero-order chi connectivity index (χ0) is 4.28. The van der Waals surface area contributed by atoms with Crippen LogP contribution in [0.25, 0.3) is 0 Å². The molecule has 0 aliphatic heterocycles. The second kappa shape index (κ2) is 3.07. The van der Waals surface area contributed by atoms with E-state index in [-0.39, 0.29) is 0 Å². The molecule has 0 saturated carbocycles. The Morgan fingerprint density at radius 2 is 2.20 bits per heavy atom. The smallest absolute Gasteiger partial charge is 0.0961 e. The summed E-state index contributed by atoms with van der Waals surface area (Å²) in [4.78, 5) is 0. The lowest BCUT2D eigenvalue weighted by Gasteiger charge is -1.82. The Morgan fingerprint density at radius 1 is 2.00 bits per heavy atom. The van der Waals surface area contributed by atoms with Gasteiger partial charge in [0.25, 0.3) is 0 Å². The highest BCUT2D eigenvalue weighted by Crippen LogP contribution is 1.80. The molecule has 0 bridgehead atoms. The summed E-state index contributed by atoms with van der Waals surface area (Å²) in [7, 11) is 2.21. The van der Waals surface area contributed by atoms with Crippen LogP contribution in [0.15, 0.2) is 0 Å². The van der Waals surface area contributed by atoms with Crippen LogP contribution >= 0.6 is 22.6 Å². The lowest BCUT2D eigenvalue weighted by atomic mass is 9.37. The normalized spacial score (nSPS) is 7.60. The SMILES string of the molecule is BB(C)CI. The van der Waals surface area contributed by atoms with E-state index in [0.717, 1.165) is 6.60 Å². The molecule has 0 N–H and O–H groups in total. The van der Waals surface area contributed by atoms with Gasteiger partial charge in [0.15, 0.2) is 0 Å². The van der Waals surface area contributed by atoms with Crippen molar-refractivity contribution in [3.05, 3.63) is 0 Å². The van der Waals surface area contributed by atoms with Crippen molar-refractivity contribution in [2.75, 3.05) is 4.33 Å². The van der Waals surface area contributed by atoms with E-state index in [2.05, 4.69) is 37.2 Å². The van der Waals surface area contributed by atoms with Crippen molar-refractivity contribution in [3.8, 4) is 0 Å². The molecule has 0 rings (SSSR count). The Hall–Kier alpha value is 0.860. The first-order valence-electron chi connectivity index (χ1n) is 1.83. The van der Waals surface area contributed by atoms with Crippen LogP contribution in [-0.4, -0.2) is 18.7 Å². The molecule has 3 heteroatoms. The van der Waals surface area contributed by atoms with Crippen molar-refractivity contribution in [1.29, 1.82) is 0 Å². The maximum absolute atomic E-state index is 2.38. The molecule has 0 nitrogen and oxygen atoms in total. The minimum absolute atomic E-state index is 0.871. The van der Waals surface area contributed by atoms with Crippen molar-refractivity contribution in [2.24, 2.45) is 0 Å². The van der Waals surface area contributed by atoms with Crippen LogP contribution < -0.4 is 0 Å². The van der Waals surface area contributed by atoms with E-state index in [1.54, 1.807) is 0 Å². The summed E-state index contributed by atoms with van der Waals surface area (Å²) < 4.78 is 1.28. The van der Waals surface area contributed by atoms with Crippen LogP contribution in [0.5, 0.6) is 0 Å².